The molecule has 0 spiro atoms. The molecule has 0 fully saturated rings. The van der Waals surface area contributed by atoms with Crippen molar-refractivity contribution in [3.8, 4) is 39.9 Å². The van der Waals surface area contributed by atoms with Crippen LogP contribution in [0.25, 0.3) is 106 Å². The molecule has 11 rings (SSSR count). The zero-order valence-electron chi connectivity index (χ0n) is 31.7. The Morgan fingerprint density at radius 2 is 1.12 bits per heavy atom. The van der Waals surface area contributed by atoms with Crippen molar-refractivity contribution < 1.29 is 15.7 Å². The molecule has 0 amide bonds. The number of nitrogens with zero attached hydrogens (tertiary/aromatic N) is 4. The largest absolute Gasteiger partial charge is 0.456 e. The first-order valence-electron chi connectivity index (χ1n) is 19.0. The maximum Gasteiger partial charge on any atom is 0.164 e. The van der Waals surface area contributed by atoms with Crippen molar-refractivity contribution in [1.29, 1.82) is 0 Å². The van der Waals surface area contributed by atoms with Crippen molar-refractivity contribution in [2.45, 2.75) is 0 Å². The highest BCUT2D eigenvalue weighted by molar-refractivity contribution is 6.18. The van der Waals surface area contributed by atoms with Crippen molar-refractivity contribution in [3.05, 3.63) is 158 Å². The third kappa shape index (κ3) is 4.26. The van der Waals surface area contributed by atoms with Gasteiger partial charge in [0.05, 0.1) is 23.6 Å². The number of hydrogen-bond donors (Lipinski definition) is 0. The van der Waals surface area contributed by atoms with E-state index in [0.29, 0.717) is 28.1 Å². The summed E-state index contributed by atoms with van der Waals surface area (Å²) < 4.78 is 57.3. The summed E-state index contributed by atoms with van der Waals surface area (Å²) in [4.78, 5) is 14.2. The van der Waals surface area contributed by atoms with Gasteiger partial charge in [-0.3, -0.25) is 0 Å². The van der Waals surface area contributed by atoms with E-state index >= 15 is 0 Å². The Kier molecular flexibility index (Phi) is 4.91. The number of rotatable bonds is 4. The average Bonchev–Trinajstić information content (AvgIpc) is 3.90. The van der Waals surface area contributed by atoms with Crippen LogP contribution in [0, 0.1) is 0 Å². The molecular formula is C45H26N4O2. The molecule has 6 nitrogen and oxygen atoms in total. The Labute approximate surface area is 297 Å². The number of benzene rings is 7. The molecule has 0 saturated carbocycles. The Morgan fingerprint density at radius 1 is 0.431 bits per heavy atom. The highest BCUT2D eigenvalue weighted by atomic mass is 16.3. The van der Waals surface area contributed by atoms with Crippen LogP contribution in [-0.4, -0.2) is 19.5 Å². The fraction of sp³-hybridized carbons (Fsp3) is 0. The minimum absolute atomic E-state index is 0.0243. The SMILES string of the molecule is [2H]c1c([2H])c([2H])c(-c2nc(-c3ccccc3)nc(-c3ccc4c(c3)oc3c(-n5c6ccccc6c6cc7oc8ccccc8c7cc65)cccc34)n2)c([2H])c1[2H]. The Bertz CT molecular complexity index is 3420. The van der Waals surface area contributed by atoms with E-state index < -0.39 is 18.1 Å². The lowest BCUT2D eigenvalue weighted by Gasteiger charge is -2.08. The van der Waals surface area contributed by atoms with E-state index in [4.69, 9.17) is 25.7 Å². The smallest absolute Gasteiger partial charge is 0.164 e. The molecule has 0 atom stereocenters. The van der Waals surface area contributed by atoms with Crippen LogP contribution in [0.15, 0.2) is 166 Å². The molecule has 6 heteroatoms. The zero-order chi connectivity index (χ0) is 37.8. The average molecular weight is 660 g/mol. The van der Waals surface area contributed by atoms with Gasteiger partial charge >= 0.3 is 0 Å². The summed E-state index contributed by atoms with van der Waals surface area (Å²) >= 11 is 0. The third-order valence-electron chi connectivity index (χ3n) is 9.54. The van der Waals surface area contributed by atoms with Crippen molar-refractivity contribution >= 4 is 65.7 Å². The summed E-state index contributed by atoms with van der Waals surface area (Å²) in [7, 11) is 0. The normalized spacial score (nSPS) is 13.3. The molecule has 4 aromatic heterocycles. The summed E-state index contributed by atoms with van der Waals surface area (Å²) in [5.41, 5.74) is 7.13. The molecule has 0 aliphatic heterocycles. The number of hydrogen-bond acceptors (Lipinski definition) is 5. The maximum absolute atomic E-state index is 8.65. The van der Waals surface area contributed by atoms with Crippen LogP contribution in [0.1, 0.15) is 6.85 Å². The van der Waals surface area contributed by atoms with E-state index in [1.807, 2.05) is 91.0 Å². The summed E-state index contributed by atoms with van der Waals surface area (Å²) in [6.45, 7) is 0. The van der Waals surface area contributed by atoms with E-state index in [-0.39, 0.29) is 29.3 Å². The fourth-order valence-electron chi connectivity index (χ4n) is 7.24. The summed E-state index contributed by atoms with van der Waals surface area (Å²) in [5, 5.41) is 6.09. The van der Waals surface area contributed by atoms with Crippen LogP contribution < -0.4 is 0 Å². The van der Waals surface area contributed by atoms with Crippen LogP contribution in [0.5, 0.6) is 0 Å². The van der Waals surface area contributed by atoms with Crippen LogP contribution in [0.2, 0.25) is 0 Å². The van der Waals surface area contributed by atoms with Gasteiger partial charge in [0.1, 0.15) is 16.7 Å². The fourth-order valence-corrected chi connectivity index (χ4v) is 7.24. The number of furan rings is 2. The van der Waals surface area contributed by atoms with Gasteiger partial charge in [-0.2, -0.15) is 0 Å². The molecule has 0 N–H and O–H groups in total. The van der Waals surface area contributed by atoms with E-state index in [0.717, 1.165) is 60.2 Å². The second-order valence-corrected chi connectivity index (χ2v) is 12.5. The second-order valence-electron chi connectivity index (χ2n) is 12.5. The van der Waals surface area contributed by atoms with Crippen molar-refractivity contribution in [1.82, 2.24) is 19.5 Å². The molecule has 0 aliphatic rings. The molecule has 0 saturated heterocycles. The molecular weight excluding hydrogens is 629 g/mol. The minimum Gasteiger partial charge on any atom is -0.456 e. The van der Waals surface area contributed by atoms with Crippen LogP contribution in [0.3, 0.4) is 0 Å². The van der Waals surface area contributed by atoms with Crippen LogP contribution in [0.4, 0.5) is 0 Å². The lowest BCUT2D eigenvalue weighted by atomic mass is 10.1. The molecule has 0 radical (unpaired) electrons. The molecule has 0 aliphatic carbocycles. The quantitative estimate of drug-likeness (QED) is 0.188. The Morgan fingerprint density at radius 3 is 1.98 bits per heavy atom. The predicted molar refractivity (Wildman–Crippen MR) is 205 cm³/mol. The summed E-state index contributed by atoms with van der Waals surface area (Å²) in [6, 6.07) is 39.8. The van der Waals surface area contributed by atoms with E-state index in [1.165, 1.54) is 0 Å². The maximum atomic E-state index is 8.65. The highest BCUT2D eigenvalue weighted by Crippen LogP contribution is 2.41. The molecule has 238 valence electrons. The van der Waals surface area contributed by atoms with Crippen molar-refractivity contribution in [3.63, 3.8) is 0 Å². The third-order valence-corrected chi connectivity index (χ3v) is 9.54. The lowest BCUT2D eigenvalue weighted by molar-refractivity contribution is 0.666. The highest BCUT2D eigenvalue weighted by Gasteiger charge is 2.20. The summed E-state index contributed by atoms with van der Waals surface area (Å²) in [6.07, 6.45) is 0. The predicted octanol–water partition coefficient (Wildman–Crippen LogP) is 11.8. The Hall–Kier alpha value is -7.05. The van der Waals surface area contributed by atoms with E-state index in [9.17, 15) is 0 Å². The van der Waals surface area contributed by atoms with Gasteiger partial charge in [-0.1, -0.05) is 115 Å². The van der Waals surface area contributed by atoms with E-state index in [1.54, 1.807) is 0 Å². The molecule has 7 aromatic carbocycles. The van der Waals surface area contributed by atoms with Crippen molar-refractivity contribution in [2.75, 3.05) is 0 Å². The molecule has 11 aromatic rings. The first-order valence-corrected chi connectivity index (χ1v) is 16.5. The van der Waals surface area contributed by atoms with Gasteiger partial charge in [0.2, 0.25) is 0 Å². The van der Waals surface area contributed by atoms with Crippen LogP contribution >= 0.6 is 0 Å². The second kappa shape index (κ2) is 10.7. The lowest BCUT2D eigenvalue weighted by Crippen LogP contribution is -2.00. The van der Waals surface area contributed by atoms with Gasteiger partial charge in [0.25, 0.3) is 0 Å². The minimum atomic E-state index is -0.486. The van der Waals surface area contributed by atoms with Gasteiger partial charge in [0, 0.05) is 49.0 Å². The summed E-state index contributed by atoms with van der Waals surface area (Å²) in [5.74, 6) is 0.543. The first kappa shape index (κ1) is 23.3. The van der Waals surface area contributed by atoms with E-state index in [2.05, 4.69) is 45.9 Å². The molecule has 4 heterocycles. The topological polar surface area (TPSA) is 69.9 Å². The van der Waals surface area contributed by atoms with Gasteiger partial charge in [-0.15, -0.1) is 0 Å². The van der Waals surface area contributed by atoms with Crippen molar-refractivity contribution in [2.24, 2.45) is 0 Å². The van der Waals surface area contributed by atoms with Gasteiger partial charge in [0.15, 0.2) is 23.1 Å². The molecule has 51 heavy (non-hydrogen) atoms. The number of fused-ring (bicyclic) bond motifs is 9. The molecule has 0 bridgehead atoms. The van der Waals surface area contributed by atoms with Gasteiger partial charge < -0.3 is 13.4 Å². The Balaban J connectivity index is 1.13. The standard InChI is InChI=1S/C45H26N4O2/c1-3-12-27(13-4-1)43-46-44(28-14-5-2-6-15-28)48-45(47-43)29-22-23-32-33-18-11-20-37(42(33)51-40(32)24-29)49-36-19-9-7-16-30(36)34-26-41-35(25-38(34)49)31-17-8-10-21-39(31)50-41/h1-26H/i1D,3D,4D,12D,13D. The van der Waals surface area contributed by atoms with Crippen LogP contribution in [-0.2, 0) is 0 Å². The zero-order valence-corrected chi connectivity index (χ0v) is 26.7. The van der Waals surface area contributed by atoms with Gasteiger partial charge in [-0.25, -0.2) is 15.0 Å². The van der Waals surface area contributed by atoms with Gasteiger partial charge in [-0.05, 0) is 42.5 Å². The molecule has 0 unspecified atom stereocenters. The number of para-hydroxylation sites is 3. The monoisotopic (exact) mass is 659 g/mol. The first-order chi connectivity index (χ1) is 27.3. The number of aromatic nitrogens is 4.